The summed E-state index contributed by atoms with van der Waals surface area (Å²) in [7, 11) is 0. The van der Waals surface area contributed by atoms with Crippen LogP contribution in [-0.2, 0) is 20.7 Å². The van der Waals surface area contributed by atoms with Gasteiger partial charge < -0.3 is 25.8 Å². The summed E-state index contributed by atoms with van der Waals surface area (Å²) in [5, 5.41) is 26.2. The molecule has 1 fully saturated rings. The molecular weight excluding hydrogens is 648 g/mol. The molecule has 1 saturated heterocycles. The SMILES string of the molecule is CC(C)(C)NC(=O)[C@H]1CN(C(=O)OC(C)(C)C)CCN1[C@H]([C@H](O)CCc1ccccc1)N(C(=O)c1ccc2ccccc2c1)C(=O)[C@@H](N)CC#N. The Balaban J connectivity index is 1.86. The molecule has 272 valence electrons. The van der Waals surface area contributed by atoms with Gasteiger partial charge in [0.25, 0.3) is 5.91 Å². The summed E-state index contributed by atoms with van der Waals surface area (Å²) in [5.41, 5.74) is 5.87. The second-order valence-electron chi connectivity index (χ2n) is 15.0. The third-order valence-corrected chi connectivity index (χ3v) is 8.48. The fraction of sp³-hybridized carbons (Fsp3) is 0.462. The van der Waals surface area contributed by atoms with E-state index in [2.05, 4.69) is 5.32 Å². The zero-order valence-corrected chi connectivity index (χ0v) is 30.3. The second-order valence-corrected chi connectivity index (χ2v) is 15.0. The number of rotatable bonds is 10. The molecule has 4 atom stereocenters. The molecule has 4 amide bonds. The van der Waals surface area contributed by atoms with Crippen LogP contribution in [0.3, 0.4) is 0 Å². The quantitative estimate of drug-likeness (QED) is 0.281. The molecule has 3 aromatic carbocycles. The smallest absolute Gasteiger partial charge is 0.410 e. The normalized spacial score (nSPS) is 17.2. The Labute approximate surface area is 300 Å². The average molecular weight is 699 g/mol. The molecule has 0 spiro atoms. The maximum atomic E-state index is 14.7. The first-order valence-electron chi connectivity index (χ1n) is 17.3. The summed E-state index contributed by atoms with van der Waals surface area (Å²) in [6.45, 7) is 10.6. The molecule has 0 bridgehead atoms. The van der Waals surface area contributed by atoms with Gasteiger partial charge in [-0.15, -0.1) is 0 Å². The van der Waals surface area contributed by atoms with Crippen LogP contribution in [-0.4, -0.2) is 98.7 Å². The fourth-order valence-corrected chi connectivity index (χ4v) is 6.12. The molecule has 0 aliphatic carbocycles. The number of aryl methyl sites for hydroxylation is 1. The van der Waals surface area contributed by atoms with Crippen LogP contribution in [0.25, 0.3) is 10.8 Å². The number of nitrogens with one attached hydrogen (secondary N) is 1. The largest absolute Gasteiger partial charge is 0.444 e. The van der Waals surface area contributed by atoms with Crippen LogP contribution in [0.4, 0.5) is 4.79 Å². The van der Waals surface area contributed by atoms with Crippen molar-refractivity contribution < 1.29 is 29.0 Å². The predicted molar refractivity (Wildman–Crippen MR) is 194 cm³/mol. The highest BCUT2D eigenvalue weighted by Crippen LogP contribution is 2.27. The number of hydrogen-bond donors (Lipinski definition) is 3. The van der Waals surface area contributed by atoms with Crippen molar-refractivity contribution in [1.29, 1.82) is 5.26 Å². The maximum absolute atomic E-state index is 14.7. The summed E-state index contributed by atoms with van der Waals surface area (Å²) < 4.78 is 5.63. The van der Waals surface area contributed by atoms with Crippen molar-refractivity contribution in [2.75, 3.05) is 19.6 Å². The number of imide groups is 1. The van der Waals surface area contributed by atoms with Gasteiger partial charge in [-0.25, -0.2) is 4.79 Å². The van der Waals surface area contributed by atoms with Crippen molar-refractivity contribution in [2.24, 2.45) is 5.73 Å². The Kier molecular flexibility index (Phi) is 12.6. The van der Waals surface area contributed by atoms with E-state index in [1.54, 1.807) is 43.9 Å². The van der Waals surface area contributed by atoms with Crippen molar-refractivity contribution in [2.45, 2.75) is 96.3 Å². The van der Waals surface area contributed by atoms with Gasteiger partial charge in [-0.05, 0) is 82.9 Å². The Morgan fingerprint density at radius 3 is 2.25 bits per heavy atom. The summed E-state index contributed by atoms with van der Waals surface area (Å²) in [6, 6.07) is 21.3. The molecule has 4 N–H and O–H groups in total. The number of piperazine rings is 1. The van der Waals surface area contributed by atoms with Crippen molar-refractivity contribution >= 4 is 34.6 Å². The molecule has 12 heteroatoms. The molecule has 0 aromatic heterocycles. The first kappa shape index (κ1) is 39.0. The van der Waals surface area contributed by atoms with E-state index < -0.39 is 59.3 Å². The number of nitrogens with two attached hydrogens (primary N) is 1. The lowest BCUT2D eigenvalue weighted by atomic mass is 9.98. The van der Waals surface area contributed by atoms with Gasteiger partial charge in [0.15, 0.2) is 0 Å². The first-order valence-corrected chi connectivity index (χ1v) is 17.3. The van der Waals surface area contributed by atoms with Crippen molar-refractivity contribution in [1.82, 2.24) is 20.0 Å². The number of amides is 4. The lowest BCUT2D eigenvalue weighted by Crippen LogP contribution is -2.70. The molecule has 4 rings (SSSR count). The minimum atomic E-state index is -1.40. The number of ether oxygens (including phenoxy) is 1. The van der Waals surface area contributed by atoms with Gasteiger partial charge in [0.1, 0.15) is 17.8 Å². The minimum Gasteiger partial charge on any atom is -0.444 e. The van der Waals surface area contributed by atoms with Crippen LogP contribution in [0.1, 0.15) is 70.3 Å². The maximum Gasteiger partial charge on any atom is 0.410 e. The fourth-order valence-electron chi connectivity index (χ4n) is 6.12. The molecule has 0 radical (unpaired) electrons. The molecule has 51 heavy (non-hydrogen) atoms. The van der Waals surface area contributed by atoms with E-state index in [4.69, 9.17) is 10.5 Å². The van der Waals surface area contributed by atoms with E-state index >= 15 is 0 Å². The van der Waals surface area contributed by atoms with E-state index in [9.17, 15) is 29.5 Å². The minimum absolute atomic E-state index is 0.00317. The number of nitrogens with zero attached hydrogens (tertiary/aromatic N) is 4. The van der Waals surface area contributed by atoms with Gasteiger partial charge >= 0.3 is 6.09 Å². The molecule has 0 saturated carbocycles. The van der Waals surface area contributed by atoms with Crippen molar-refractivity contribution in [3.05, 3.63) is 83.9 Å². The zero-order chi connectivity index (χ0) is 37.5. The monoisotopic (exact) mass is 698 g/mol. The lowest BCUT2D eigenvalue weighted by Gasteiger charge is -2.49. The Morgan fingerprint density at radius 2 is 1.63 bits per heavy atom. The number of benzene rings is 3. The van der Waals surface area contributed by atoms with E-state index in [1.165, 1.54) is 4.90 Å². The number of carbonyl (C=O) groups excluding carboxylic acids is 4. The highest BCUT2D eigenvalue weighted by atomic mass is 16.6. The van der Waals surface area contributed by atoms with Crippen LogP contribution < -0.4 is 11.1 Å². The highest BCUT2D eigenvalue weighted by molar-refractivity contribution is 6.08. The van der Waals surface area contributed by atoms with Gasteiger partial charge in [-0.1, -0.05) is 60.7 Å². The van der Waals surface area contributed by atoms with Crippen LogP contribution in [0.2, 0.25) is 0 Å². The first-order chi connectivity index (χ1) is 24.0. The number of nitriles is 1. The molecule has 12 nitrogen and oxygen atoms in total. The number of fused-ring (bicyclic) bond motifs is 1. The van der Waals surface area contributed by atoms with E-state index in [-0.39, 0.29) is 38.0 Å². The molecule has 1 aliphatic heterocycles. The number of hydrogen-bond acceptors (Lipinski definition) is 9. The summed E-state index contributed by atoms with van der Waals surface area (Å²) in [5.74, 6) is -2.08. The molecular formula is C39H50N6O6. The standard InChI is InChI=1S/C39H50N6O6/c1-38(2,3)42-33(47)31-25-43(37(50)51-39(4,5)6)22-23-44(31)34(32(46)19-16-26-12-8-7-9-13-26)45(36(49)30(41)20-21-40)35(48)29-18-17-27-14-10-11-15-28(27)24-29/h7-15,17-18,24,30-32,34,46H,16,19-20,22-23,25,41H2,1-6H3,(H,42,47)/t30-,31+,32+,34-/m0/s1. The highest BCUT2D eigenvalue weighted by Gasteiger charge is 2.47. The van der Waals surface area contributed by atoms with Gasteiger partial charge in [0.05, 0.1) is 24.6 Å². The lowest BCUT2D eigenvalue weighted by molar-refractivity contribution is -0.150. The summed E-state index contributed by atoms with van der Waals surface area (Å²) in [6.07, 6.45) is -3.27. The van der Waals surface area contributed by atoms with Gasteiger partial charge in [0, 0.05) is 30.7 Å². The molecule has 0 unspecified atom stereocenters. The van der Waals surface area contributed by atoms with Crippen LogP contribution in [0.5, 0.6) is 0 Å². The Bertz CT molecular complexity index is 1740. The predicted octanol–water partition coefficient (Wildman–Crippen LogP) is 4.21. The van der Waals surface area contributed by atoms with Crippen LogP contribution in [0.15, 0.2) is 72.8 Å². The summed E-state index contributed by atoms with van der Waals surface area (Å²) in [4.78, 5) is 60.3. The van der Waals surface area contributed by atoms with Gasteiger partial charge in [-0.3, -0.25) is 24.2 Å². The van der Waals surface area contributed by atoms with Crippen LogP contribution >= 0.6 is 0 Å². The number of aliphatic hydroxyl groups excluding tert-OH is 1. The van der Waals surface area contributed by atoms with Crippen molar-refractivity contribution in [3.63, 3.8) is 0 Å². The average Bonchev–Trinajstić information content (AvgIpc) is 3.07. The molecule has 1 aliphatic rings. The zero-order valence-electron chi connectivity index (χ0n) is 30.3. The third-order valence-electron chi connectivity index (χ3n) is 8.48. The van der Waals surface area contributed by atoms with E-state index in [0.29, 0.717) is 6.42 Å². The van der Waals surface area contributed by atoms with Gasteiger partial charge in [0.2, 0.25) is 11.8 Å². The summed E-state index contributed by atoms with van der Waals surface area (Å²) >= 11 is 0. The second kappa shape index (κ2) is 16.5. The Hall–Kier alpha value is -4.83. The molecule has 3 aromatic rings. The van der Waals surface area contributed by atoms with E-state index in [1.807, 2.05) is 81.4 Å². The van der Waals surface area contributed by atoms with Crippen molar-refractivity contribution in [3.8, 4) is 6.07 Å². The third kappa shape index (κ3) is 10.4. The molecule has 1 heterocycles. The Morgan fingerprint density at radius 1 is 0.980 bits per heavy atom. The van der Waals surface area contributed by atoms with Gasteiger partial charge in [-0.2, -0.15) is 5.26 Å². The number of aliphatic hydroxyl groups is 1. The topological polar surface area (TPSA) is 169 Å². The van der Waals surface area contributed by atoms with Crippen LogP contribution in [0, 0.1) is 11.3 Å². The number of carbonyl (C=O) groups is 4. The van der Waals surface area contributed by atoms with E-state index in [0.717, 1.165) is 21.2 Å².